The maximum absolute atomic E-state index is 11.1. The number of nitrogens with zero attached hydrogens (tertiary/aromatic N) is 1. The van der Waals surface area contributed by atoms with Crippen LogP contribution < -0.4 is 0 Å². The van der Waals surface area contributed by atoms with Gasteiger partial charge in [-0.3, -0.25) is 0 Å². The zero-order valence-electron chi connectivity index (χ0n) is 18.6. The van der Waals surface area contributed by atoms with E-state index in [9.17, 15) is 10.1 Å². The van der Waals surface area contributed by atoms with Gasteiger partial charge >= 0.3 is 5.97 Å². The summed E-state index contributed by atoms with van der Waals surface area (Å²) >= 11 is 0. The van der Waals surface area contributed by atoms with E-state index in [1.54, 1.807) is 0 Å². The minimum atomic E-state index is -0.377. The van der Waals surface area contributed by atoms with Crippen molar-refractivity contribution in [2.45, 2.75) is 64.2 Å². The number of hydrogen-bond donors (Lipinski definition) is 0. The molecular formula is C28H33NO2. The second-order valence-electron chi connectivity index (χ2n) is 8.69. The van der Waals surface area contributed by atoms with Gasteiger partial charge < -0.3 is 4.74 Å². The highest BCUT2D eigenvalue weighted by Gasteiger charge is 2.36. The van der Waals surface area contributed by atoms with Crippen LogP contribution in [0.5, 0.6) is 0 Å². The average molecular weight is 416 g/mol. The molecule has 0 bridgehead atoms. The fourth-order valence-corrected chi connectivity index (χ4v) is 4.71. The second kappa shape index (κ2) is 11.0. The van der Waals surface area contributed by atoms with Crippen molar-refractivity contribution in [2.75, 3.05) is 6.61 Å². The van der Waals surface area contributed by atoms with E-state index in [-0.39, 0.29) is 11.4 Å². The first-order valence-electron chi connectivity index (χ1n) is 11.5. The van der Waals surface area contributed by atoms with E-state index in [0.717, 1.165) is 51.4 Å². The molecule has 2 atom stereocenters. The van der Waals surface area contributed by atoms with E-state index < -0.39 is 0 Å². The number of esters is 1. The number of rotatable bonds is 9. The number of unbranched alkanes of at least 4 members (excludes halogenated alkanes) is 1. The van der Waals surface area contributed by atoms with Crippen LogP contribution in [-0.2, 0) is 16.0 Å². The summed E-state index contributed by atoms with van der Waals surface area (Å²) in [5.41, 5.74) is 4.92. The molecule has 2 aromatic rings. The number of carbonyl (C=O) groups excluding carboxylic acids is 1. The van der Waals surface area contributed by atoms with Gasteiger partial charge in [-0.1, -0.05) is 68.5 Å². The first-order valence-corrected chi connectivity index (χ1v) is 11.5. The first kappa shape index (κ1) is 22.8. The highest BCUT2D eigenvalue weighted by molar-refractivity contribution is 5.81. The van der Waals surface area contributed by atoms with E-state index in [0.29, 0.717) is 12.5 Å². The molecule has 1 aliphatic rings. The van der Waals surface area contributed by atoms with Gasteiger partial charge in [-0.05, 0) is 73.1 Å². The smallest absolute Gasteiger partial charge is 0.330 e. The molecule has 1 fully saturated rings. The molecule has 1 saturated carbocycles. The molecule has 162 valence electrons. The number of benzene rings is 2. The van der Waals surface area contributed by atoms with Crippen LogP contribution >= 0.6 is 0 Å². The van der Waals surface area contributed by atoms with Crippen molar-refractivity contribution < 1.29 is 9.53 Å². The zero-order chi connectivity index (χ0) is 22.1. The van der Waals surface area contributed by atoms with Gasteiger partial charge in [-0.2, -0.15) is 5.26 Å². The maximum atomic E-state index is 11.1. The van der Waals surface area contributed by atoms with Gasteiger partial charge in [0.2, 0.25) is 0 Å². The topological polar surface area (TPSA) is 50.1 Å². The predicted molar refractivity (Wildman–Crippen MR) is 126 cm³/mol. The van der Waals surface area contributed by atoms with Crippen molar-refractivity contribution >= 4 is 5.97 Å². The zero-order valence-corrected chi connectivity index (χ0v) is 18.6. The highest BCUT2D eigenvalue weighted by atomic mass is 16.5. The summed E-state index contributed by atoms with van der Waals surface area (Å²) in [5.74, 6) is 0.0565. The lowest BCUT2D eigenvalue weighted by Crippen LogP contribution is -2.26. The van der Waals surface area contributed by atoms with E-state index in [1.807, 2.05) is 0 Å². The summed E-state index contributed by atoms with van der Waals surface area (Å²) in [4.78, 5) is 11.1. The molecule has 0 aliphatic heterocycles. The van der Waals surface area contributed by atoms with E-state index in [2.05, 4.69) is 68.1 Å². The van der Waals surface area contributed by atoms with Crippen molar-refractivity contribution in [1.29, 1.82) is 5.26 Å². The van der Waals surface area contributed by atoms with E-state index in [4.69, 9.17) is 4.74 Å². The molecule has 1 aliphatic carbocycles. The Hall–Kier alpha value is -2.86. The summed E-state index contributed by atoms with van der Waals surface area (Å²) < 4.78 is 5.06. The third-order valence-corrected chi connectivity index (χ3v) is 6.62. The quantitative estimate of drug-likeness (QED) is 0.252. The molecule has 0 amide bonds. The molecule has 2 aromatic carbocycles. The summed E-state index contributed by atoms with van der Waals surface area (Å²) in [5, 5.41) is 9.98. The highest BCUT2D eigenvalue weighted by Crippen LogP contribution is 2.46. The molecule has 3 heteroatoms. The van der Waals surface area contributed by atoms with Crippen molar-refractivity contribution in [1.82, 2.24) is 0 Å². The molecule has 0 saturated heterocycles. The van der Waals surface area contributed by atoms with Gasteiger partial charge in [0.1, 0.15) is 0 Å². The lowest BCUT2D eigenvalue weighted by atomic mass is 9.66. The Bertz CT molecular complexity index is 908. The van der Waals surface area contributed by atoms with Gasteiger partial charge in [-0.25, -0.2) is 4.79 Å². The summed E-state index contributed by atoms with van der Waals surface area (Å²) in [6.45, 7) is 5.98. The van der Waals surface area contributed by atoms with Gasteiger partial charge in [0.15, 0.2) is 0 Å². The van der Waals surface area contributed by atoms with Gasteiger partial charge in [-0.15, -0.1) is 0 Å². The second-order valence-corrected chi connectivity index (χ2v) is 8.69. The Morgan fingerprint density at radius 2 is 1.84 bits per heavy atom. The van der Waals surface area contributed by atoms with Crippen LogP contribution in [0.2, 0.25) is 0 Å². The summed E-state index contributed by atoms with van der Waals surface area (Å²) in [7, 11) is 0. The fraction of sp³-hybridized carbons (Fsp3) is 0.429. The van der Waals surface area contributed by atoms with Crippen LogP contribution in [0.4, 0.5) is 0 Å². The van der Waals surface area contributed by atoms with Crippen LogP contribution in [0.1, 0.15) is 68.9 Å². The Balaban J connectivity index is 1.60. The third-order valence-electron chi connectivity index (χ3n) is 6.62. The monoisotopic (exact) mass is 415 g/mol. The van der Waals surface area contributed by atoms with Crippen molar-refractivity contribution in [2.24, 2.45) is 5.41 Å². The lowest BCUT2D eigenvalue weighted by Gasteiger charge is -2.36. The number of carbonyl (C=O) groups is 1. The van der Waals surface area contributed by atoms with Crippen molar-refractivity contribution in [3.8, 4) is 17.2 Å². The molecular weight excluding hydrogens is 382 g/mol. The number of aryl methyl sites for hydroxylation is 1. The van der Waals surface area contributed by atoms with Gasteiger partial charge in [0, 0.05) is 6.08 Å². The molecule has 31 heavy (non-hydrogen) atoms. The number of nitriles is 1. The standard InChI is InChI=1S/C28H33NO2/c1-3-22-9-11-23(12-10-22)24-13-15-25(16-14-24)26-8-7-18-28(20-26,21-29)17-5-6-19-31-27(30)4-2/h4,9-16,26H,2-3,5-8,17-20H2,1H3. The van der Waals surface area contributed by atoms with Gasteiger partial charge in [0.05, 0.1) is 18.1 Å². The molecule has 0 aromatic heterocycles. The predicted octanol–water partition coefficient (Wildman–Crippen LogP) is 6.98. The fourth-order valence-electron chi connectivity index (χ4n) is 4.71. The number of ether oxygens (including phenoxy) is 1. The normalized spacial score (nSPS) is 20.6. The average Bonchev–Trinajstić information content (AvgIpc) is 2.84. The lowest BCUT2D eigenvalue weighted by molar-refractivity contribution is -0.137. The van der Waals surface area contributed by atoms with Crippen LogP contribution in [0.3, 0.4) is 0 Å². The Labute approximate surface area is 186 Å². The molecule has 3 nitrogen and oxygen atoms in total. The van der Waals surface area contributed by atoms with E-state index in [1.165, 1.54) is 28.3 Å². The SMILES string of the molecule is C=CC(=O)OCCCCC1(C#N)CCCC(c2ccc(-c3ccc(CC)cc3)cc2)C1. The minimum absolute atomic E-state index is 0.264. The first-order chi connectivity index (χ1) is 15.1. The molecule has 0 heterocycles. The van der Waals surface area contributed by atoms with Crippen LogP contribution in [-0.4, -0.2) is 12.6 Å². The largest absolute Gasteiger partial charge is 0.463 e. The van der Waals surface area contributed by atoms with Crippen LogP contribution in [0.15, 0.2) is 61.2 Å². The summed E-state index contributed by atoms with van der Waals surface area (Å²) in [6, 6.07) is 20.4. The molecule has 3 rings (SSSR count). The van der Waals surface area contributed by atoms with Crippen molar-refractivity contribution in [3.05, 3.63) is 72.3 Å². The Kier molecular flexibility index (Phi) is 8.06. The third kappa shape index (κ3) is 6.07. The van der Waals surface area contributed by atoms with E-state index >= 15 is 0 Å². The maximum Gasteiger partial charge on any atom is 0.330 e. The molecule has 0 N–H and O–H groups in total. The van der Waals surface area contributed by atoms with Crippen LogP contribution in [0.25, 0.3) is 11.1 Å². The molecule has 0 radical (unpaired) electrons. The summed E-state index contributed by atoms with van der Waals surface area (Å²) in [6.07, 6.45) is 8.92. The number of hydrogen-bond acceptors (Lipinski definition) is 3. The molecule has 2 unspecified atom stereocenters. The van der Waals surface area contributed by atoms with Crippen LogP contribution in [0, 0.1) is 16.7 Å². The van der Waals surface area contributed by atoms with Gasteiger partial charge in [0.25, 0.3) is 0 Å². The Morgan fingerprint density at radius 1 is 1.16 bits per heavy atom. The Morgan fingerprint density at radius 3 is 2.45 bits per heavy atom. The molecule has 0 spiro atoms. The minimum Gasteiger partial charge on any atom is -0.463 e. The van der Waals surface area contributed by atoms with Crippen molar-refractivity contribution in [3.63, 3.8) is 0 Å².